The fourth-order valence-corrected chi connectivity index (χ4v) is 0.846. The monoisotopic (exact) mass is 330 g/mol. The Labute approximate surface area is 101 Å². The number of hydrogen-bond donors (Lipinski definition) is 0. The molecule has 0 spiro atoms. The molecular weight excluding hydrogens is 328 g/mol. The van der Waals surface area contributed by atoms with E-state index in [1.807, 2.05) is 0 Å². The summed E-state index contributed by atoms with van der Waals surface area (Å²) in [4.78, 5) is 9.49. The molecule has 13 heteroatoms. The predicted octanol–water partition coefficient (Wildman–Crippen LogP) is 3.63. The minimum absolute atomic E-state index is 4.17. The fourth-order valence-electron chi connectivity index (χ4n) is 0.846. The van der Waals surface area contributed by atoms with Gasteiger partial charge in [-0.2, -0.15) is 39.5 Å². The van der Waals surface area contributed by atoms with E-state index in [0.717, 1.165) is 0 Å². The highest BCUT2D eigenvalue weighted by molar-refractivity contribution is 5.77. The second kappa shape index (κ2) is 4.98. The highest BCUT2D eigenvalue weighted by Crippen LogP contribution is 2.52. The third-order valence-corrected chi connectivity index (χ3v) is 2.01. The summed E-state index contributed by atoms with van der Waals surface area (Å²) in [6.07, 6.45) is -11.3. The molecule has 0 aliphatic rings. The van der Waals surface area contributed by atoms with Gasteiger partial charge >= 0.3 is 36.2 Å². The maximum Gasteiger partial charge on any atom is 0.381 e. The zero-order valence-corrected chi connectivity index (χ0v) is 8.60. The van der Waals surface area contributed by atoms with Crippen LogP contribution in [0.4, 0.5) is 52.7 Å². The molecule has 0 aromatic rings. The second-order valence-electron chi connectivity index (χ2n) is 3.38. The van der Waals surface area contributed by atoms with Gasteiger partial charge in [-0.25, -0.2) is 13.2 Å². The largest absolute Gasteiger partial charge is 0.381 e. The van der Waals surface area contributed by atoms with E-state index in [1.165, 1.54) is 0 Å². The number of carbonyl (C=O) groups is 1. The predicted molar refractivity (Wildman–Crippen MR) is 36.8 cm³/mol. The van der Waals surface area contributed by atoms with Crippen LogP contribution in [0.25, 0.3) is 0 Å². The molecule has 0 radical (unpaired) electrons. The lowest BCUT2D eigenvalue weighted by atomic mass is 9.97. The number of carbonyl (C=O) groups excluding carboxylic acids is 1. The Balaban J connectivity index is 5.80. The zero-order valence-electron chi connectivity index (χ0n) is 8.60. The molecule has 1 nitrogen and oxygen atoms in total. The van der Waals surface area contributed by atoms with Crippen molar-refractivity contribution in [2.24, 2.45) is 0 Å². The van der Waals surface area contributed by atoms with E-state index in [4.69, 9.17) is 0 Å². The quantitative estimate of drug-likeness (QED) is 0.537. The first-order chi connectivity index (χ1) is 8.54. The average molecular weight is 330 g/mol. The second-order valence-corrected chi connectivity index (χ2v) is 3.38. The standard InChI is InChI=1S/C7H2F12O/c8-1(4(12,13)3(11)20)5(14,15)7(18,19)6(16,17)2(9)10/h1-2H. The van der Waals surface area contributed by atoms with E-state index in [-0.39, 0.29) is 0 Å². The van der Waals surface area contributed by atoms with Crippen LogP contribution < -0.4 is 0 Å². The summed E-state index contributed by atoms with van der Waals surface area (Å²) in [5, 5.41) is 0. The first-order valence-corrected chi connectivity index (χ1v) is 4.18. The van der Waals surface area contributed by atoms with Crippen LogP contribution >= 0.6 is 0 Å². The summed E-state index contributed by atoms with van der Waals surface area (Å²) < 4.78 is 146. The van der Waals surface area contributed by atoms with Crippen LogP contribution in [0, 0.1) is 0 Å². The van der Waals surface area contributed by atoms with Gasteiger partial charge in [0.05, 0.1) is 0 Å². The number of halogens is 12. The maximum absolute atomic E-state index is 12.6. The zero-order chi connectivity index (χ0) is 16.7. The van der Waals surface area contributed by atoms with Gasteiger partial charge in [0, 0.05) is 0 Å². The smallest absolute Gasteiger partial charge is 0.254 e. The van der Waals surface area contributed by atoms with E-state index in [0.29, 0.717) is 0 Å². The molecule has 120 valence electrons. The van der Waals surface area contributed by atoms with Crippen molar-refractivity contribution in [3.63, 3.8) is 0 Å². The molecule has 20 heavy (non-hydrogen) atoms. The van der Waals surface area contributed by atoms with Crippen LogP contribution in [0.5, 0.6) is 0 Å². The van der Waals surface area contributed by atoms with Gasteiger partial charge in [0.2, 0.25) is 6.17 Å². The molecule has 0 heterocycles. The lowest BCUT2D eigenvalue weighted by Crippen LogP contribution is -2.64. The summed E-state index contributed by atoms with van der Waals surface area (Å²) in [5.74, 6) is -27.8. The fraction of sp³-hybridized carbons (Fsp3) is 0.857. The average Bonchev–Trinajstić information content (AvgIpc) is 2.26. The molecule has 0 aliphatic carbocycles. The Morgan fingerprint density at radius 3 is 1.35 bits per heavy atom. The van der Waals surface area contributed by atoms with E-state index in [1.54, 1.807) is 0 Å². The Morgan fingerprint density at radius 1 is 0.750 bits per heavy atom. The van der Waals surface area contributed by atoms with Crippen LogP contribution in [0.1, 0.15) is 0 Å². The van der Waals surface area contributed by atoms with Crippen LogP contribution in [0.2, 0.25) is 0 Å². The van der Waals surface area contributed by atoms with Crippen molar-refractivity contribution in [1.82, 2.24) is 0 Å². The minimum atomic E-state index is -7.31. The number of alkyl halides is 11. The lowest BCUT2D eigenvalue weighted by Gasteiger charge is -2.35. The highest BCUT2D eigenvalue weighted by Gasteiger charge is 2.81. The molecule has 1 atom stereocenters. The van der Waals surface area contributed by atoms with Crippen molar-refractivity contribution in [2.45, 2.75) is 36.3 Å². The van der Waals surface area contributed by atoms with Crippen molar-refractivity contribution in [2.75, 3.05) is 0 Å². The van der Waals surface area contributed by atoms with Crippen LogP contribution in [0.3, 0.4) is 0 Å². The van der Waals surface area contributed by atoms with Crippen molar-refractivity contribution in [3.8, 4) is 0 Å². The molecule has 0 bridgehead atoms. The Hall–Kier alpha value is -1.17. The van der Waals surface area contributed by atoms with Gasteiger partial charge in [0.25, 0.3) is 0 Å². The van der Waals surface area contributed by atoms with Gasteiger partial charge in [0.1, 0.15) is 0 Å². The molecule has 0 N–H and O–H groups in total. The van der Waals surface area contributed by atoms with Crippen molar-refractivity contribution < 1.29 is 57.5 Å². The topological polar surface area (TPSA) is 17.1 Å². The lowest BCUT2D eigenvalue weighted by molar-refractivity contribution is -0.361. The molecule has 1 unspecified atom stereocenters. The Bertz CT molecular complexity index is 374. The Morgan fingerprint density at radius 2 is 1.10 bits per heavy atom. The van der Waals surface area contributed by atoms with Gasteiger partial charge < -0.3 is 0 Å². The van der Waals surface area contributed by atoms with Gasteiger partial charge in [-0.3, -0.25) is 4.79 Å². The molecule has 0 rings (SSSR count). The van der Waals surface area contributed by atoms with Crippen LogP contribution in [-0.4, -0.2) is 42.3 Å². The number of rotatable bonds is 6. The molecule has 0 saturated heterocycles. The molecule has 0 saturated carbocycles. The van der Waals surface area contributed by atoms with E-state index in [9.17, 15) is 57.5 Å². The summed E-state index contributed by atoms with van der Waals surface area (Å²) in [7, 11) is 0. The SMILES string of the molecule is O=C(F)C(F)(F)C(F)C(F)(F)C(F)(F)C(F)(F)C(F)F. The first-order valence-electron chi connectivity index (χ1n) is 4.18. The molecule has 0 fully saturated rings. The third-order valence-electron chi connectivity index (χ3n) is 2.01. The maximum atomic E-state index is 12.6. The summed E-state index contributed by atoms with van der Waals surface area (Å²) in [6, 6.07) is -4.17. The van der Waals surface area contributed by atoms with Crippen molar-refractivity contribution >= 4 is 6.04 Å². The van der Waals surface area contributed by atoms with E-state index in [2.05, 4.69) is 0 Å². The molecule has 0 aliphatic heterocycles. The van der Waals surface area contributed by atoms with Gasteiger partial charge in [-0.05, 0) is 0 Å². The molecule has 0 aromatic heterocycles. The Kier molecular flexibility index (Phi) is 4.69. The van der Waals surface area contributed by atoms with E-state index < -0.39 is 42.3 Å². The van der Waals surface area contributed by atoms with Gasteiger partial charge in [-0.15, -0.1) is 0 Å². The summed E-state index contributed by atoms with van der Waals surface area (Å²) in [6.45, 7) is 0. The van der Waals surface area contributed by atoms with E-state index >= 15 is 0 Å². The molecule has 0 aromatic carbocycles. The summed E-state index contributed by atoms with van der Waals surface area (Å²) >= 11 is 0. The number of hydrogen-bond acceptors (Lipinski definition) is 1. The minimum Gasteiger partial charge on any atom is -0.254 e. The molecular formula is C7H2F12O. The normalized spacial score (nSPS) is 16.4. The third kappa shape index (κ3) is 2.53. The van der Waals surface area contributed by atoms with Crippen molar-refractivity contribution in [3.05, 3.63) is 0 Å². The first kappa shape index (κ1) is 18.8. The van der Waals surface area contributed by atoms with Crippen LogP contribution in [-0.2, 0) is 4.79 Å². The highest BCUT2D eigenvalue weighted by atomic mass is 19.4. The summed E-state index contributed by atoms with van der Waals surface area (Å²) in [5.41, 5.74) is 0. The molecule has 0 amide bonds. The van der Waals surface area contributed by atoms with Crippen molar-refractivity contribution in [1.29, 1.82) is 0 Å². The van der Waals surface area contributed by atoms with Crippen LogP contribution in [0.15, 0.2) is 0 Å². The van der Waals surface area contributed by atoms with Gasteiger partial charge in [-0.1, -0.05) is 0 Å². The van der Waals surface area contributed by atoms with Gasteiger partial charge in [0.15, 0.2) is 0 Å².